The van der Waals surface area contributed by atoms with E-state index in [1.165, 1.54) is 5.56 Å². The van der Waals surface area contributed by atoms with Gasteiger partial charge in [-0.2, -0.15) is 0 Å². The van der Waals surface area contributed by atoms with Crippen molar-refractivity contribution >= 4 is 0 Å². The monoisotopic (exact) mass is 333 g/mol. The largest absolute Gasteiger partial charge is 0.493 e. The third-order valence-corrected chi connectivity index (χ3v) is 5.87. The van der Waals surface area contributed by atoms with E-state index in [0.29, 0.717) is 0 Å². The molecule has 2 unspecified atom stereocenters. The zero-order valence-electron chi connectivity index (χ0n) is 15.0. The molecule has 1 saturated heterocycles. The summed E-state index contributed by atoms with van der Waals surface area (Å²) in [5.41, 5.74) is 1.22. The van der Waals surface area contributed by atoms with E-state index < -0.39 is 0 Å². The smallest absolute Gasteiger partial charge is 0.122 e. The molecule has 3 rings (SSSR count). The Morgan fingerprint density at radius 3 is 2.67 bits per heavy atom. The topological polar surface area (TPSA) is 41.9 Å². The first-order valence-corrected chi connectivity index (χ1v) is 9.36. The molecule has 0 radical (unpaired) electrons. The van der Waals surface area contributed by atoms with Gasteiger partial charge >= 0.3 is 0 Å². The van der Waals surface area contributed by atoms with Crippen LogP contribution >= 0.6 is 0 Å². The molecule has 0 aromatic heterocycles. The molecule has 2 aliphatic rings. The van der Waals surface area contributed by atoms with E-state index in [4.69, 9.17) is 9.47 Å². The number of piperidine rings is 1. The molecule has 1 aliphatic carbocycles. The molecular weight excluding hydrogens is 302 g/mol. The van der Waals surface area contributed by atoms with Crippen molar-refractivity contribution in [3.05, 3.63) is 29.8 Å². The highest BCUT2D eigenvalue weighted by molar-refractivity contribution is 5.31. The average molecular weight is 333 g/mol. The third kappa shape index (κ3) is 3.61. The van der Waals surface area contributed by atoms with Gasteiger partial charge in [0.2, 0.25) is 0 Å². The Balaban J connectivity index is 1.38. The number of hydrogen-bond acceptors (Lipinski definition) is 4. The molecule has 4 heteroatoms. The number of hydrogen-bond donors (Lipinski definition) is 1. The molecule has 2 fully saturated rings. The second-order valence-electron chi connectivity index (χ2n) is 7.24. The van der Waals surface area contributed by atoms with Gasteiger partial charge in [-0.15, -0.1) is 0 Å². The van der Waals surface area contributed by atoms with Crippen LogP contribution in [-0.2, 0) is 4.74 Å². The molecule has 24 heavy (non-hydrogen) atoms. The molecule has 1 aliphatic heterocycles. The fraction of sp³-hybridized carbons (Fsp3) is 0.700. The number of benzene rings is 1. The molecule has 2 atom stereocenters. The molecule has 0 bridgehead atoms. The summed E-state index contributed by atoms with van der Waals surface area (Å²) in [6.45, 7) is 8.82. The highest BCUT2D eigenvalue weighted by Crippen LogP contribution is 2.50. The van der Waals surface area contributed by atoms with Crippen molar-refractivity contribution in [2.75, 3.05) is 32.8 Å². The summed E-state index contributed by atoms with van der Waals surface area (Å²) in [7, 11) is 0. The summed E-state index contributed by atoms with van der Waals surface area (Å²) < 4.78 is 11.7. The van der Waals surface area contributed by atoms with E-state index in [0.717, 1.165) is 64.3 Å². The molecule has 4 nitrogen and oxygen atoms in total. The second-order valence-corrected chi connectivity index (χ2v) is 7.24. The van der Waals surface area contributed by atoms with Crippen molar-refractivity contribution in [1.29, 1.82) is 0 Å². The highest BCUT2D eigenvalue weighted by Gasteiger charge is 2.55. The van der Waals surface area contributed by atoms with E-state index in [2.05, 4.69) is 17.9 Å². The Morgan fingerprint density at radius 1 is 1.25 bits per heavy atom. The summed E-state index contributed by atoms with van der Waals surface area (Å²) in [5, 5.41) is 10.3. The summed E-state index contributed by atoms with van der Waals surface area (Å²) in [6, 6.07) is 8.17. The summed E-state index contributed by atoms with van der Waals surface area (Å²) >= 11 is 0. The van der Waals surface area contributed by atoms with Gasteiger partial charge in [-0.3, -0.25) is 0 Å². The van der Waals surface area contributed by atoms with Crippen molar-refractivity contribution in [2.45, 2.75) is 51.7 Å². The molecule has 1 saturated carbocycles. The number of nitrogens with zero attached hydrogens (tertiary/aromatic N) is 1. The van der Waals surface area contributed by atoms with Crippen LogP contribution in [0.4, 0.5) is 0 Å². The van der Waals surface area contributed by atoms with Gasteiger partial charge in [-0.05, 0) is 57.8 Å². The van der Waals surface area contributed by atoms with Crippen LogP contribution in [0, 0.1) is 12.3 Å². The fourth-order valence-corrected chi connectivity index (χ4v) is 4.20. The molecule has 1 heterocycles. The van der Waals surface area contributed by atoms with Crippen LogP contribution in [0.5, 0.6) is 5.75 Å². The first kappa shape index (κ1) is 17.7. The number of ether oxygens (including phenoxy) is 2. The predicted octanol–water partition coefficient (Wildman–Crippen LogP) is 3.02. The number of aliphatic hydroxyl groups excluding tert-OH is 1. The van der Waals surface area contributed by atoms with Gasteiger partial charge in [0.05, 0.1) is 18.8 Å². The van der Waals surface area contributed by atoms with Crippen molar-refractivity contribution in [2.24, 2.45) is 5.41 Å². The van der Waals surface area contributed by atoms with E-state index in [1.54, 1.807) is 0 Å². The van der Waals surface area contributed by atoms with Crippen molar-refractivity contribution < 1.29 is 14.6 Å². The Kier molecular flexibility index (Phi) is 5.80. The fourth-order valence-electron chi connectivity index (χ4n) is 4.20. The van der Waals surface area contributed by atoms with Gasteiger partial charge in [0.25, 0.3) is 0 Å². The van der Waals surface area contributed by atoms with E-state index >= 15 is 0 Å². The number of aliphatic hydroxyl groups is 1. The molecule has 134 valence electrons. The molecule has 0 amide bonds. The van der Waals surface area contributed by atoms with Gasteiger partial charge in [0, 0.05) is 25.0 Å². The van der Waals surface area contributed by atoms with Gasteiger partial charge in [-0.25, -0.2) is 0 Å². The molecule has 1 aromatic carbocycles. The van der Waals surface area contributed by atoms with Crippen LogP contribution in [0.2, 0.25) is 0 Å². The molecular formula is C20H31NO3. The number of rotatable bonds is 7. The van der Waals surface area contributed by atoms with Crippen LogP contribution in [0.3, 0.4) is 0 Å². The zero-order chi connectivity index (χ0) is 17.0. The van der Waals surface area contributed by atoms with Crippen LogP contribution in [0.1, 0.15) is 38.2 Å². The maximum absolute atomic E-state index is 10.3. The summed E-state index contributed by atoms with van der Waals surface area (Å²) in [6.07, 6.45) is 4.07. The van der Waals surface area contributed by atoms with Crippen LogP contribution in [0.25, 0.3) is 0 Å². The van der Waals surface area contributed by atoms with Gasteiger partial charge in [0.15, 0.2) is 0 Å². The average Bonchev–Trinajstić information content (AvgIpc) is 2.60. The second kappa shape index (κ2) is 7.85. The molecule has 1 N–H and O–H groups in total. The number of aryl methyl sites for hydroxylation is 1. The first-order chi connectivity index (χ1) is 11.7. The Labute approximate surface area is 145 Å². The maximum Gasteiger partial charge on any atom is 0.122 e. The predicted molar refractivity (Wildman–Crippen MR) is 95.4 cm³/mol. The van der Waals surface area contributed by atoms with E-state index in [9.17, 15) is 5.11 Å². The van der Waals surface area contributed by atoms with Crippen LogP contribution < -0.4 is 4.74 Å². The van der Waals surface area contributed by atoms with Crippen LogP contribution in [-0.4, -0.2) is 55.1 Å². The maximum atomic E-state index is 10.3. The minimum atomic E-state index is -0.166. The lowest BCUT2D eigenvalue weighted by atomic mass is 9.58. The first-order valence-electron chi connectivity index (χ1n) is 9.36. The van der Waals surface area contributed by atoms with Gasteiger partial charge in [-0.1, -0.05) is 18.2 Å². The number of likely N-dealkylation sites (tertiary alicyclic amines) is 1. The van der Waals surface area contributed by atoms with Crippen molar-refractivity contribution in [3.8, 4) is 5.75 Å². The molecule has 1 spiro atoms. The molecule has 1 aromatic rings. The Bertz CT molecular complexity index is 523. The highest BCUT2D eigenvalue weighted by atomic mass is 16.5. The minimum Gasteiger partial charge on any atom is -0.493 e. The Hall–Kier alpha value is -1.10. The SMILES string of the molecule is CCOC1CC(O)C12CCN(CCCOc1ccccc1C)CC2. The Morgan fingerprint density at radius 2 is 2.00 bits per heavy atom. The summed E-state index contributed by atoms with van der Waals surface area (Å²) in [4.78, 5) is 2.50. The zero-order valence-corrected chi connectivity index (χ0v) is 15.0. The van der Waals surface area contributed by atoms with Gasteiger partial charge in [0.1, 0.15) is 5.75 Å². The standard InChI is InChI=1S/C20H31NO3/c1-3-23-19-15-18(22)20(19)9-12-21(13-10-20)11-6-14-24-17-8-5-4-7-16(17)2/h4-5,7-8,18-19,22H,3,6,9-15H2,1-2H3. The third-order valence-electron chi connectivity index (χ3n) is 5.87. The lowest BCUT2D eigenvalue weighted by Crippen LogP contribution is -2.62. The van der Waals surface area contributed by atoms with Gasteiger partial charge < -0.3 is 19.5 Å². The van der Waals surface area contributed by atoms with E-state index in [1.807, 2.05) is 25.1 Å². The van der Waals surface area contributed by atoms with Crippen molar-refractivity contribution in [3.63, 3.8) is 0 Å². The lowest BCUT2D eigenvalue weighted by molar-refractivity contribution is -0.209. The normalized spacial score (nSPS) is 26.3. The summed E-state index contributed by atoms with van der Waals surface area (Å²) in [5.74, 6) is 0.993. The number of para-hydroxylation sites is 1. The van der Waals surface area contributed by atoms with E-state index in [-0.39, 0.29) is 17.6 Å². The van der Waals surface area contributed by atoms with Crippen LogP contribution in [0.15, 0.2) is 24.3 Å². The lowest BCUT2D eigenvalue weighted by Gasteiger charge is -2.56. The van der Waals surface area contributed by atoms with Crippen molar-refractivity contribution in [1.82, 2.24) is 4.90 Å². The minimum absolute atomic E-state index is 0.0319. The quantitative estimate of drug-likeness (QED) is 0.779.